The molecule has 0 aromatic heterocycles. The second-order valence-corrected chi connectivity index (χ2v) is 32.3. The van der Waals surface area contributed by atoms with Gasteiger partial charge in [0.05, 0.1) is 0 Å². The van der Waals surface area contributed by atoms with Crippen LogP contribution in [-0.2, 0) is 1.41 Å². The predicted molar refractivity (Wildman–Crippen MR) is 168 cm³/mol. The second-order valence-electron chi connectivity index (χ2n) is 11.7. The van der Waals surface area contributed by atoms with Crippen LogP contribution in [0.25, 0.3) is 0 Å². The summed E-state index contributed by atoms with van der Waals surface area (Å²) < 4.78 is 13.6. The maximum absolute atomic E-state index is 7.36. The summed E-state index contributed by atoms with van der Waals surface area (Å²) in [4.78, 5) is 0. The fourth-order valence-corrected chi connectivity index (χ4v) is 39.2. The molecule has 0 bridgehead atoms. The standard InChI is InChI=1S/4C8H17.O.2Sn.2H/c4*1-3-5-7-8-6-4-2;;;;;/h4*1,3-8H2,2H3;;;;;. The van der Waals surface area contributed by atoms with Gasteiger partial charge in [0.2, 0.25) is 0 Å². The van der Waals surface area contributed by atoms with E-state index in [0.29, 0.717) is 0 Å². The second kappa shape index (κ2) is 30.1. The van der Waals surface area contributed by atoms with Crippen molar-refractivity contribution in [2.75, 3.05) is 0 Å². The van der Waals surface area contributed by atoms with Crippen LogP contribution in [0.4, 0.5) is 0 Å². The number of unbranched alkanes of at least 4 members (excludes halogenated alkanes) is 20. The molecule has 3 heteroatoms. The Labute approximate surface area is 239 Å². The molecule has 0 N–H and O–H groups in total. The Morgan fingerprint density at radius 1 is 0.371 bits per heavy atom. The van der Waals surface area contributed by atoms with Gasteiger partial charge < -0.3 is 0 Å². The molecule has 0 fully saturated rings. The molecule has 0 spiro atoms. The first-order chi connectivity index (χ1) is 17.2. The van der Waals surface area contributed by atoms with Gasteiger partial charge in [0, 0.05) is 0 Å². The van der Waals surface area contributed by atoms with Crippen LogP contribution in [0.3, 0.4) is 0 Å². The molecule has 0 aliphatic heterocycles. The van der Waals surface area contributed by atoms with E-state index in [1.165, 1.54) is 159 Å². The normalized spacial score (nSPS) is 12.3. The third-order valence-electron chi connectivity index (χ3n) is 8.11. The molecule has 35 heavy (non-hydrogen) atoms. The van der Waals surface area contributed by atoms with Crippen molar-refractivity contribution in [2.45, 2.75) is 200 Å². The summed E-state index contributed by atoms with van der Waals surface area (Å²) in [5.74, 6) is 0. The summed E-state index contributed by atoms with van der Waals surface area (Å²) in [6.07, 6.45) is 35.0. The summed E-state index contributed by atoms with van der Waals surface area (Å²) in [6, 6.07) is 0. The van der Waals surface area contributed by atoms with Gasteiger partial charge in [-0.3, -0.25) is 0 Å². The first-order valence-electron chi connectivity index (χ1n) is 16.9. The van der Waals surface area contributed by atoms with Crippen molar-refractivity contribution in [3.8, 4) is 0 Å². The topological polar surface area (TPSA) is 9.23 Å². The van der Waals surface area contributed by atoms with Crippen molar-refractivity contribution in [2.24, 2.45) is 0 Å². The molecule has 0 heterocycles. The van der Waals surface area contributed by atoms with Gasteiger partial charge in [-0.05, 0) is 0 Å². The van der Waals surface area contributed by atoms with Crippen molar-refractivity contribution in [3.05, 3.63) is 0 Å². The fraction of sp³-hybridized carbons (Fsp3) is 1.00. The van der Waals surface area contributed by atoms with Gasteiger partial charge in [-0.15, -0.1) is 0 Å². The molecular formula is C32H70OSn2. The molecule has 0 saturated heterocycles. The van der Waals surface area contributed by atoms with Crippen molar-refractivity contribution >= 4 is 40.3 Å². The van der Waals surface area contributed by atoms with Gasteiger partial charge >= 0.3 is 241 Å². The molecule has 0 unspecified atom stereocenters. The first kappa shape index (κ1) is 36.6. The average Bonchev–Trinajstić information content (AvgIpc) is 2.87. The summed E-state index contributed by atoms with van der Waals surface area (Å²) in [6.45, 7) is 9.35. The zero-order valence-electron chi connectivity index (χ0n) is 25.4. The average molecular weight is 708 g/mol. The predicted octanol–water partition coefficient (Wildman–Crippen LogP) is 11.9. The van der Waals surface area contributed by atoms with Gasteiger partial charge in [0.25, 0.3) is 0 Å². The molecule has 0 saturated carbocycles. The Morgan fingerprint density at radius 3 is 1.00 bits per heavy atom. The molecule has 0 amide bonds. The van der Waals surface area contributed by atoms with Crippen LogP contribution < -0.4 is 0 Å². The van der Waals surface area contributed by atoms with Gasteiger partial charge in [0.15, 0.2) is 0 Å². The summed E-state index contributed by atoms with van der Waals surface area (Å²) >= 11 is -3.38. The van der Waals surface area contributed by atoms with Crippen molar-refractivity contribution in [1.29, 1.82) is 0 Å². The summed E-state index contributed by atoms with van der Waals surface area (Å²) in [5, 5.41) is 0. The molecule has 0 rings (SSSR count). The molecule has 1 nitrogen and oxygen atoms in total. The Kier molecular flexibility index (Phi) is 31.4. The number of hydrogen-bond donors (Lipinski definition) is 0. The number of hydrogen-bond acceptors (Lipinski definition) is 1. The molecular weight excluding hydrogens is 638 g/mol. The van der Waals surface area contributed by atoms with Crippen LogP contribution in [0.5, 0.6) is 0 Å². The van der Waals surface area contributed by atoms with E-state index in [-0.39, 0.29) is 0 Å². The monoisotopic (exact) mass is 710 g/mol. The third-order valence-corrected chi connectivity index (χ3v) is 39.2. The van der Waals surface area contributed by atoms with E-state index in [0.717, 1.165) is 0 Å². The van der Waals surface area contributed by atoms with Crippen LogP contribution in [0, 0.1) is 0 Å². The van der Waals surface area contributed by atoms with Crippen molar-refractivity contribution in [3.63, 3.8) is 0 Å². The Balaban J connectivity index is 4.74. The van der Waals surface area contributed by atoms with Crippen LogP contribution in [0.1, 0.15) is 182 Å². The summed E-state index contributed by atoms with van der Waals surface area (Å²) in [5.41, 5.74) is 0. The Bertz CT molecular complexity index is 347. The van der Waals surface area contributed by atoms with Gasteiger partial charge in [-0.2, -0.15) is 0 Å². The zero-order chi connectivity index (χ0) is 25.7. The Hall–Kier alpha value is 1.56. The summed E-state index contributed by atoms with van der Waals surface area (Å²) in [7, 11) is 0. The minimum absolute atomic E-state index is 0.990. The number of rotatable bonds is 30. The van der Waals surface area contributed by atoms with Gasteiger partial charge in [0.1, 0.15) is 0 Å². The van der Waals surface area contributed by atoms with Crippen LogP contribution in [0.15, 0.2) is 0 Å². The van der Waals surface area contributed by atoms with Crippen molar-refractivity contribution in [1.82, 2.24) is 0 Å². The Morgan fingerprint density at radius 2 is 0.657 bits per heavy atom. The maximum atomic E-state index is 7.36. The molecule has 0 aliphatic carbocycles. The fourth-order valence-electron chi connectivity index (χ4n) is 5.62. The van der Waals surface area contributed by atoms with E-state index in [2.05, 4.69) is 27.7 Å². The van der Waals surface area contributed by atoms with E-state index in [1.54, 1.807) is 13.3 Å². The molecule has 0 atom stereocenters. The van der Waals surface area contributed by atoms with Gasteiger partial charge in [-0.25, -0.2) is 0 Å². The van der Waals surface area contributed by atoms with Crippen LogP contribution in [-0.4, -0.2) is 40.3 Å². The minimum atomic E-state index is -2.39. The van der Waals surface area contributed by atoms with E-state index < -0.39 is 40.3 Å². The first-order valence-corrected chi connectivity index (χ1v) is 28.6. The zero-order valence-corrected chi connectivity index (χ0v) is 32.3. The quantitative estimate of drug-likeness (QED) is 0.0533. The third kappa shape index (κ3) is 25.6. The molecule has 0 aliphatic rings. The van der Waals surface area contributed by atoms with Crippen molar-refractivity contribution < 1.29 is 1.41 Å². The molecule has 0 radical (unpaired) electrons. The van der Waals surface area contributed by atoms with E-state index in [1.807, 2.05) is 0 Å². The molecule has 0 aromatic carbocycles. The van der Waals surface area contributed by atoms with E-state index in [4.69, 9.17) is 1.41 Å². The molecule has 212 valence electrons. The molecule has 0 aromatic rings. The SMILES string of the molecule is CCCCCCC[CH2][SnH2][O][Sn]([CH2]CCCCCCC)([CH2]CCCCCCC)[CH2]CCCCCCC. The van der Waals surface area contributed by atoms with Crippen LogP contribution >= 0.6 is 0 Å². The van der Waals surface area contributed by atoms with E-state index >= 15 is 0 Å². The van der Waals surface area contributed by atoms with Crippen LogP contribution in [0.2, 0.25) is 17.7 Å². The van der Waals surface area contributed by atoms with E-state index in [9.17, 15) is 0 Å². The van der Waals surface area contributed by atoms with Gasteiger partial charge in [-0.1, -0.05) is 0 Å².